The molecule has 0 heterocycles. The molecule has 98 valence electrons. The highest BCUT2D eigenvalue weighted by molar-refractivity contribution is 6.10. The standard InChI is InChI=1S/C16H17NO2/c1-2-15(18)14-10-12(17)8-9-13(14)16(19)11-6-4-3-5-7-11/h3-10,15,18H,2,17H2,1H3. The van der Waals surface area contributed by atoms with Gasteiger partial charge in [-0.1, -0.05) is 37.3 Å². The normalized spacial score (nSPS) is 12.1. The monoisotopic (exact) mass is 255 g/mol. The molecule has 0 aliphatic heterocycles. The third kappa shape index (κ3) is 2.83. The molecule has 0 radical (unpaired) electrons. The maximum atomic E-state index is 12.4. The molecule has 2 aromatic carbocycles. The summed E-state index contributed by atoms with van der Waals surface area (Å²) >= 11 is 0. The Bertz CT molecular complexity index is 579. The lowest BCUT2D eigenvalue weighted by molar-refractivity contribution is 0.103. The van der Waals surface area contributed by atoms with Crippen LogP contribution < -0.4 is 5.73 Å². The molecule has 0 aliphatic rings. The van der Waals surface area contributed by atoms with E-state index >= 15 is 0 Å². The second-order valence-electron chi connectivity index (χ2n) is 4.47. The van der Waals surface area contributed by atoms with Crippen LogP contribution in [0.5, 0.6) is 0 Å². The summed E-state index contributed by atoms with van der Waals surface area (Å²) < 4.78 is 0. The number of ketones is 1. The van der Waals surface area contributed by atoms with Crippen LogP contribution in [0.3, 0.4) is 0 Å². The second-order valence-corrected chi connectivity index (χ2v) is 4.47. The Morgan fingerprint density at radius 2 is 1.89 bits per heavy atom. The molecule has 0 fully saturated rings. The molecule has 19 heavy (non-hydrogen) atoms. The first-order valence-electron chi connectivity index (χ1n) is 6.30. The van der Waals surface area contributed by atoms with Gasteiger partial charge in [-0.3, -0.25) is 4.79 Å². The predicted molar refractivity (Wildman–Crippen MR) is 76.0 cm³/mol. The van der Waals surface area contributed by atoms with Crippen LogP contribution in [0.1, 0.15) is 40.9 Å². The first-order valence-corrected chi connectivity index (χ1v) is 6.30. The van der Waals surface area contributed by atoms with Crippen LogP contribution in [0.25, 0.3) is 0 Å². The minimum Gasteiger partial charge on any atom is -0.399 e. The molecule has 3 nitrogen and oxygen atoms in total. The van der Waals surface area contributed by atoms with Gasteiger partial charge in [0.05, 0.1) is 6.10 Å². The van der Waals surface area contributed by atoms with Crippen LogP contribution in [-0.2, 0) is 0 Å². The van der Waals surface area contributed by atoms with Gasteiger partial charge in [0.2, 0.25) is 0 Å². The van der Waals surface area contributed by atoms with E-state index in [0.717, 1.165) is 0 Å². The van der Waals surface area contributed by atoms with Gasteiger partial charge in [0.15, 0.2) is 5.78 Å². The lowest BCUT2D eigenvalue weighted by Crippen LogP contribution is -2.09. The van der Waals surface area contributed by atoms with Gasteiger partial charge in [0.25, 0.3) is 0 Å². The number of nitrogens with two attached hydrogens (primary N) is 1. The number of hydrogen-bond donors (Lipinski definition) is 2. The van der Waals surface area contributed by atoms with E-state index in [1.54, 1.807) is 30.3 Å². The Hall–Kier alpha value is -2.13. The zero-order valence-corrected chi connectivity index (χ0v) is 10.8. The zero-order valence-electron chi connectivity index (χ0n) is 10.8. The molecular formula is C16H17NO2. The summed E-state index contributed by atoms with van der Waals surface area (Å²) in [6.07, 6.45) is -0.135. The van der Waals surface area contributed by atoms with Crippen LogP contribution in [-0.4, -0.2) is 10.9 Å². The minimum atomic E-state index is -0.675. The lowest BCUT2D eigenvalue weighted by Gasteiger charge is -2.14. The molecule has 1 unspecified atom stereocenters. The number of benzene rings is 2. The van der Waals surface area contributed by atoms with Crippen molar-refractivity contribution in [2.75, 3.05) is 5.73 Å². The molecule has 3 heteroatoms. The molecule has 0 amide bonds. The van der Waals surface area contributed by atoms with Gasteiger partial charge in [-0.05, 0) is 30.2 Å². The van der Waals surface area contributed by atoms with E-state index in [9.17, 15) is 9.90 Å². The van der Waals surface area contributed by atoms with Gasteiger partial charge in [-0.2, -0.15) is 0 Å². The van der Waals surface area contributed by atoms with E-state index in [0.29, 0.717) is 28.8 Å². The fourth-order valence-electron chi connectivity index (χ4n) is 2.03. The van der Waals surface area contributed by atoms with Crippen LogP contribution >= 0.6 is 0 Å². The van der Waals surface area contributed by atoms with Crippen molar-refractivity contribution in [3.8, 4) is 0 Å². The smallest absolute Gasteiger partial charge is 0.193 e. The average molecular weight is 255 g/mol. The Labute approximate surface area is 112 Å². The number of hydrogen-bond acceptors (Lipinski definition) is 3. The average Bonchev–Trinajstić information content (AvgIpc) is 2.46. The second kappa shape index (κ2) is 5.67. The van der Waals surface area contributed by atoms with Gasteiger partial charge >= 0.3 is 0 Å². The van der Waals surface area contributed by atoms with Gasteiger partial charge in [-0.25, -0.2) is 0 Å². The number of nitrogen functional groups attached to an aromatic ring is 1. The summed E-state index contributed by atoms with van der Waals surface area (Å²) in [4.78, 5) is 12.4. The number of carbonyl (C=O) groups is 1. The molecule has 3 N–H and O–H groups in total. The lowest BCUT2D eigenvalue weighted by atomic mass is 9.94. The molecule has 0 spiro atoms. The fraction of sp³-hybridized carbons (Fsp3) is 0.188. The summed E-state index contributed by atoms with van der Waals surface area (Å²) in [6.45, 7) is 1.87. The Morgan fingerprint density at radius 3 is 2.53 bits per heavy atom. The summed E-state index contributed by atoms with van der Waals surface area (Å²) in [5.41, 5.74) is 8.00. The largest absolute Gasteiger partial charge is 0.399 e. The maximum Gasteiger partial charge on any atom is 0.193 e. The Morgan fingerprint density at radius 1 is 1.21 bits per heavy atom. The molecule has 0 aromatic heterocycles. The maximum absolute atomic E-state index is 12.4. The fourth-order valence-corrected chi connectivity index (χ4v) is 2.03. The number of anilines is 1. The molecule has 0 saturated heterocycles. The van der Waals surface area contributed by atoms with Gasteiger partial charge in [0.1, 0.15) is 0 Å². The van der Waals surface area contributed by atoms with Crippen molar-refractivity contribution in [1.82, 2.24) is 0 Å². The molecule has 2 rings (SSSR count). The highest BCUT2D eigenvalue weighted by atomic mass is 16.3. The van der Waals surface area contributed by atoms with E-state index in [-0.39, 0.29) is 5.78 Å². The summed E-state index contributed by atoms with van der Waals surface area (Å²) in [7, 11) is 0. The van der Waals surface area contributed by atoms with Crippen molar-refractivity contribution in [3.05, 3.63) is 65.2 Å². The van der Waals surface area contributed by atoms with Gasteiger partial charge in [0, 0.05) is 16.8 Å². The molecule has 0 aliphatic carbocycles. The van der Waals surface area contributed by atoms with Crippen molar-refractivity contribution in [1.29, 1.82) is 0 Å². The number of carbonyl (C=O) groups excluding carboxylic acids is 1. The van der Waals surface area contributed by atoms with E-state index in [1.807, 2.05) is 25.1 Å². The highest BCUT2D eigenvalue weighted by Crippen LogP contribution is 2.25. The zero-order chi connectivity index (χ0) is 13.8. The Balaban J connectivity index is 2.47. The SMILES string of the molecule is CCC(O)c1cc(N)ccc1C(=O)c1ccccc1. The van der Waals surface area contributed by atoms with Crippen molar-refractivity contribution in [2.45, 2.75) is 19.4 Å². The van der Waals surface area contributed by atoms with Crippen molar-refractivity contribution in [3.63, 3.8) is 0 Å². The van der Waals surface area contributed by atoms with Crippen LogP contribution in [0.4, 0.5) is 5.69 Å². The topological polar surface area (TPSA) is 63.3 Å². The molecule has 2 aromatic rings. The summed E-state index contributed by atoms with van der Waals surface area (Å²) in [5, 5.41) is 10.0. The first-order chi connectivity index (χ1) is 9.13. The third-order valence-corrected chi connectivity index (χ3v) is 3.10. The van der Waals surface area contributed by atoms with Crippen LogP contribution in [0.2, 0.25) is 0 Å². The van der Waals surface area contributed by atoms with Crippen molar-refractivity contribution < 1.29 is 9.90 Å². The van der Waals surface area contributed by atoms with Crippen molar-refractivity contribution >= 4 is 11.5 Å². The number of rotatable bonds is 4. The van der Waals surface area contributed by atoms with E-state index < -0.39 is 6.10 Å². The van der Waals surface area contributed by atoms with Gasteiger partial charge < -0.3 is 10.8 Å². The minimum absolute atomic E-state index is 0.0944. The van der Waals surface area contributed by atoms with Crippen LogP contribution in [0.15, 0.2) is 48.5 Å². The number of aliphatic hydroxyl groups is 1. The highest BCUT2D eigenvalue weighted by Gasteiger charge is 2.17. The Kier molecular flexibility index (Phi) is 3.97. The molecular weight excluding hydrogens is 238 g/mol. The van der Waals surface area contributed by atoms with Gasteiger partial charge in [-0.15, -0.1) is 0 Å². The third-order valence-electron chi connectivity index (χ3n) is 3.10. The molecule has 1 atom stereocenters. The van der Waals surface area contributed by atoms with Crippen molar-refractivity contribution in [2.24, 2.45) is 0 Å². The van der Waals surface area contributed by atoms with E-state index in [2.05, 4.69) is 0 Å². The van der Waals surface area contributed by atoms with Crippen LogP contribution in [0, 0.1) is 0 Å². The summed E-state index contributed by atoms with van der Waals surface area (Å²) in [6, 6.07) is 14.1. The van der Waals surface area contributed by atoms with E-state index in [4.69, 9.17) is 5.73 Å². The molecule has 0 bridgehead atoms. The number of aliphatic hydroxyl groups excluding tert-OH is 1. The quantitative estimate of drug-likeness (QED) is 0.652. The first kappa shape index (κ1) is 13.3. The summed E-state index contributed by atoms with van der Waals surface area (Å²) in [5.74, 6) is -0.0944. The van der Waals surface area contributed by atoms with E-state index in [1.165, 1.54) is 0 Å². The molecule has 0 saturated carbocycles. The predicted octanol–water partition coefficient (Wildman–Crippen LogP) is 2.94.